The lowest BCUT2D eigenvalue weighted by molar-refractivity contribution is -0.130. The summed E-state index contributed by atoms with van der Waals surface area (Å²) in [5.41, 5.74) is 0. The Morgan fingerprint density at radius 2 is 2.18 bits per heavy atom. The summed E-state index contributed by atoms with van der Waals surface area (Å²) in [5.74, 6) is 0.225. The molecule has 1 amide bonds. The molecule has 1 N–H and O–H groups in total. The first-order valence-corrected chi connectivity index (χ1v) is 6.88. The van der Waals surface area contributed by atoms with E-state index >= 15 is 0 Å². The van der Waals surface area contributed by atoms with Crippen LogP contribution in [0.2, 0.25) is 0 Å². The molecule has 96 valence electrons. The van der Waals surface area contributed by atoms with Gasteiger partial charge in [0.25, 0.3) is 0 Å². The number of hydrogen-bond acceptors (Lipinski definition) is 4. The van der Waals surface area contributed by atoms with Gasteiger partial charge < -0.3 is 10.2 Å². The molecule has 0 aliphatic rings. The van der Waals surface area contributed by atoms with Gasteiger partial charge in [-0.15, -0.1) is 11.3 Å². The highest BCUT2D eigenvalue weighted by Gasteiger charge is 2.08. The minimum Gasteiger partial charge on any atom is -0.343 e. The molecule has 0 radical (unpaired) electrons. The van der Waals surface area contributed by atoms with E-state index in [0.717, 1.165) is 31.2 Å². The van der Waals surface area contributed by atoms with Crippen LogP contribution in [0.4, 0.5) is 0 Å². The second kappa shape index (κ2) is 7.40. The van der Waals surface area contributed by atoms with Crippen LogP contribution < -0.4 is 5.32 Å². The van der Waals surface area contributed by atoms with Gasteiger partial charge in [-0.05, 0) is 20.8 Å². The largest absolute Gasteiger partial charge is 0.343 e. The average Bonchev–Trinajstić information content (AvgIpc) is 2.72. The molecule has 4 nitrogen and oxygen atoms in total. The van der Waals surface area contributed by atoms with Crippen LogP contribution in [0.25, 0.3) is 0 Å². The number of rotatable bonds is 7. The summed E-state index contributed by atoms with van der Waals surface area (Å²) in [6.45, 7) is 9.14. The van der Waals surface area contributed by atoms with E-state index < -0.39 is 0 Å². The quantitative estimate of drug-likeness (QED) is 0.756. The molecule has 0 unspecified atom stereocenters. The third-order valence-corrected chi connectivity index (χ3v) is 3.51. The lowest BCUT2D eigenvalue weighted by Crippen LogP contribution is -2.32. The predicted molar refractivity (Wildman–Crippen MR) is 71.1 cm³/mol. The number of thiazole rings is 1. The molecular weight excluding hydrogens is 234 g/mol. The third kappa shape index (κ3) is 4.83. The standard InChI is InChI=1S/C12H21N3OS/c1-4-15(5-2)12(16)6-7-13-8-11-9-14-10(3)17-11/h9,13H,4-8H2,1-3H3. The first-order chi connectivity index (χ1) is 8.17. The van der Waals surface area contributed by atoms with Crippen molar-refractivity contribution >= 4 is 17.2 Å². The SMILES string of the molecule is CCN(CC)C(=O)CCNCc1cnc(C)s1. The maximum Gasteiger partial charge on any atom is 0.223 e. The van der Waals surface area contributed by atoms with Crippen molar-refractivity contribution in [3.05, 3.63) is 16.1 Å². The molecule has 0 spiro atoms. The van der Waals surface area contributed by atoms with E-state index in [0.29, 0.717) is 6.42 Å². The Bertz CT molecular complexity index is 347. The second-order valence-corrected chi connectivity index (χ2v) is 5.16. The maximum atomic E-state index is 11.7. The Labute approximate surface area is 107 Å². The van der Waals surface area contributed by atoms with Crippen molar-refractivity contribution in [2.24, 2.45) is 0 Å². The number of nitrogens with zero attached hydrogens (tertiary/aromatic N) is 2. The van der Waals surface area contributed by atoms with Gasteiger partial charge in [0.15, 0.2) is 0 Å². The normalized spacial score (nSPS) is 10.5. The van der Waals surface area contributed by atoms with Crippen molar-refractivity contribution in [1.82, 2.24) is 15.2 Å². The molecule has 0 aromatic carbocycles. The van der Waals surface area contributed by atoms with Gasteiger partial charge in [-0.2, -0.15) is 0 Å². The molecule has 0 aliphatic carbocycles. The third-order valence-electron chi connectivity index (χ3n) is 2.60. The van der Waals surface area contributed by atoms with Crippen molar-refractivity contribution in [1.29, 1.82) is 0 Å². The predicted octanol–water partition coefficient (Wildman–Crippen LogP) is 1.80. The fourth-order valence-electron chi connectivity index (χ4n) is 1.63. The van der Waals surface area contributed by atoms with E-state index in [1.807, 2.05) is 31.9 Å². The summed E-state index contributed by atoms with van der Waals surface area (Å²) in [4.78, 5) is 19.0. The van der Waals surface area contributed by atoms with Gasteiger partial charge in [0, 0.05) is 43.7 Å². The van der Waals surface area contributed by atoms with Gasteiger partial charge in [-0.3, -0.25) is 4.79 Å². The summed E-state index contributed by atoms with van der Waals surface area (Å²) < 4.78 is 0. The molecular formula is C12H21N3OS. The van der Waals surface area contributed by atoms with Gasteiger partial charge in [0.05, 0.1) is 5.01 Å². The Kier molecular flexibility index (Phi) is 6.15. The Morgan fingerprint density at radius 3 is 2.71 bits per heavy atom. The van der Waals surface area contributed by atoms with E-state index in [9.17, 15) is 4.79 Å². The number of carbonyl (C=O) groups excluding carboxylic acids is 1. The fourth-order valence-corrected chi connectivity index (χ4v) is 2.39. The Hall–Kier alpha value is -0.940. The van der Waals surface area contributed by atoms with Crippen molar-refractivity contribution in [2.75, 3.05) is 19.6 Å². The number of nitrogens with one attached hydrogen (secondary N) is 1. The number of carbonyl (C=O) groups is 1. The summed E-state index contributed by atoms with van der Waals surface area (Å²) in [7, 11) is 0. The Balaban J connectivity index is 2.17. The molecule has 1 heterocycles. The molecule has 0 fully saturated rings. The molecule has 0 saturated carbocycles. The highest BCUT2D eigenvalue weighted by molar-refractivity contribution is 7.11. The first-order valence-electron chi connectivity index (χ1n) is 6.07. The van der Waals surface area contributed by atoms with Gasteiger partial charge in [0.1, 0.15) is 0 Å². The van der Waals surface area contributed by atoms with Gasteiger partial charge in [0.2, 0.25) is 5.91 Å². The minimum absolute atomic E-state index is 0.225. The number of aryl methyl sites for hydroxylation is 1. The van der Waals surface area contributed by atoms with Crippen LogP contribution in [0.15, 0.2) is 6.20 Å². The van der Waals surface area contributed by atoms with Crippen LogP contribution >= 0.6 is 11.3 Å². The fraction of sp³-hybridized carbons (Fsp3) is 0.667. The van der Waals surface area contributed by atoms with Gasteiger partial charge in [-0.25, -0.2) is 4.98 Å². The molecule has 0 saturated heterocycles. The lowest BCUT2D eigenvalue weighted by Gasteiger charge is -2.18. The monoisotopic (exact) mass is 255 g/mol. The zero-order chi connectivity index (χ0) is 12.7. The molecule has 5 heteroatoms. The topological polar surface area (TPSA) is 45.2 Å². The summed E-state index contributed by atoms with van der Waals surface area (Å²) >= 11 is 1.69. The number of hydrogen-bond donors (Lipinski definition) is 1. The van der Waals surface area contributed by atoms with Crippen LogP contribution in [0.3, 0.4) is 0 Å². The molecule has 1 rings (SSSR count). The van der Waals surface area contributed by atoms with Crippen molar-refractivity contribution in [2.45, 2.75) is 33.7 Å². The zero-order valence-corrected chi connectivity index (χ0v) is 11.6. The Morgan fingerprint density at radius 1 is 1.47 bits per heavy atom. The van der Waals surface area contributed by atoms with Crippen molar-refractivity contribution < 1.29 is 4.79 Å². The summed E-state index contributed by atoms with van der Waals surface area (Å²) in [5, 5.41) is 4.36. The smallest absolute Gasteiger partial charge is 0.223 e. The van der Waals surface area contributed by atoms with Crippen LogP contribution in [0, 0.1) is 6.92 Å². The highest BCUT2D eigenvalue weighted by Crippen LogP contribution is 2.10. The van der Waals surface area contributed by atoms with E-state index in [2.05, 4.69) is 10.3 Å². The van der Waals surface area contributed by atoms with Crippen molar-refractivity contribution in [3.63, 3.8) is 0 Å². The second-order valence-electron chi connectivity index (χ2n) is 3.84. The maximum absolute atomic E-state index is 11.7. The minimum atomic E-state index is 0.225. The number of amides is 1. The van der Waals surface area contributed by atoms with E-state index in [-0.39, 0.29) is 5.91 Å². The van der Waals surface area contributed by atoms with Crippen LogP contribution in [0.5, 0.6) is 0 Å². The summed E-state index contributed by atoms with van der Waals surface area (Å²) in [6, 6.07) is 0. The lowest BCUT2D eigenvalue weighted by atomic mass is 10.3. The van der Waals surface area contributed by atoms with E-state index in [1.54, 1.807) is 11.3 Å². The molecule has 0 aliphatic heterocycles. The molecule has 0 atom stereocenters. The van der Waals surface area contributed by atoms with Crippen LogP contribution in [0.1, 0.15) is 30.2 Å². The molecule has 17 heavy (non-hydrogen) atoms. The molecule has 1 aromatic rings. The van der Waals surface area contributed by atoms with E-state index in [4.69, 9.17) is 0 Å². The van der Waals surface area contributed by atoms with Crippen LogP contribution in [-0.4, -0.2) is 35.4 Å². The highest BCUT2D eigenvalue weighted by atomic mass is 32.1. The van der Waals surface area contributed by atoms with Gasteiger partial charge in [-0.1, -0.05) is 0 Å². The number of aromatic nitrogens is 1. The van der Waals surface area contributed by atoms with Gasteiger partial charge >= 0.3 is 0 Å². The zero-order valence-electron chi connectivity index (χ0n) is 10.8. The first kappa shape index (κ1) is 14.1. The van der Waals surface area contributed by atoms with E-state index in [1.165, 1.54) is 4.88 Å². The van der Waals surface area contributed by atoms with Crippen molar-refractivity contribution in [3.8, 4) is 0 Å². The summed E-state index contributed by atoms with van der Waals surface area (Å²) in [6.07, 6.45) is 2.46. The molecule has 0 bridgehead atoms. The average molecular weight is 255 g/mol. The molecule has 1 aromatic heterocycles. The van der Waals surface area contributed by atoms with Crippen LogP contribution in [-0.2, 0) is 11.3 Å².